The second-order valence-corrected chi connectivity index (χ2v) is 6.80. The normalized spacial score (nSPS) is 26.9. The Kier molecular flexibility index (Phi) is 5.47. The molecular formula is C18H29NO. The van der Waals surface area contributed by atoms with Crippen molar-refractivity contribution in [1.29, 1.82) is 0 Å². The Hall–Kier alpha value is -1.02. The average Bonchev–Trinajstić information content (AvgIpc) is 2.41. The summed E-state index contributed by atoms with van der Waals surface area (Å²) in [7, 11) is 0. The summed E-state index contributed by atoms with van der Waals surface area (Å²) < 4.78 is 0. The van der Waals surface area contributed by atoms with Crippen LogP contribution in [0.1, 0.15) is 45.6 Å². The van der Waals surface area contributed by atoms with Crippen LogP contribution < -0.4 is 5.32 Å². The second kappa shape index (κ2) is 7.12. The molecule has 2 nitrogen and oxygen atoms in total. The topological polar surface area (TPSA) is 32.3 Å². The van der Waals surface area contributed by atoms with E-state index in [4.69, 9.17) is 0 Å². The quantitative estimate of drug-likeness (QED) is 0.851. The van der Waals surface area contributed by atoms with E-state index in [1.54, 1.807) is 12.1 Å². The van der Waals surface area contributed by atoms with Crippen LogP contribution in [0.25, 0.3) is 0 Å². The van der Waals surface area contributed by atoms with Crippen LogP contribution in [-0.4, -0.2) is 17.7 Å². The second-order valence-electron chi connectivity index (χ2n) is 6.80. The molecule has 112 valence electrons. The van der Waals surface area contributed by atoms with Crippen LogP contribution in [0.5, 0.6) is 5.75 Å². The Morgan fingerprint density at radius 3 is 2.55 bits per heavy atom. The van der Waals surface area contributed by atoms with E-state index in [1.807, 2.05) is 12.1 Å². The van der Waals surface area contributed by atoms with Crippen molar-refractivity contribution in [2.45, 2.75) is 52.5 Å². The monoisotopic (exact) mass is 275 g/mol. The van der Waals surface area contributed by atoms with E-state index in [9.17, 15) is 5.11 Å². The van der Waals surface area contributed by atoms with Crippen LogP contribution >= 0.6 is 0 Å². The smallest absolute Gasteiger partial charge is 0.115 e. The molecule has 1 fully saturated rings. The van der Waals surface area contributed by atoms with Gasteiger partial charge in [-0.25, -0.2) is 0 Å². The van der Waals surface area contributed by atoms with Gasteiger partial charge in [0.2, 0.25) is 0 Å². The SMILES string of the molecule is CC1CCC(C(C)C)C(NCCc2ccc(O)cc2)C1. The highest BCUT2D eigenvalue weighted by Crippen LogP contribution is 2.33. The molecule has 2 heteroatoms. The Labute approximate surface area is 123 Å². The minimum atomic E-state index is 0.350. The number of hydrogen-bond acceptors (Lipinski definition) is 2. The maximum absolute atomic E-state index is 9.30. The molecule has 0 spiro atoms. The molecule has 1 aliphatic rings. The summed E-state index contributed by atoms with van der Waals surface area (Å²) >= 11 is 0. The molecule has 20 heavy (non-hydrogen) atoms. The van der Waals surface area contributed by atoms with Crippen molar-refractivity contribution in [3.05, 3.63) is 29.8 Å². The van der Waals surface area contributed by atoms with E-state index in [2.05, 4.69) is 26.1 Å². The van der Waals surface area contributed by atoms with Crippen LogP contribution in [-0.2, 0) is 6.42 Å². The molecule has 2 rings (SSSR count). The van der Waals surface area contributed by atoms with Crippen LogP contribution in [0.3, 0.4) is 0 Å². The third-order valence-corrected chi connectivity index (χ3v) is 4.78. The summed E-state index contributed by atoms with van der Waals surface area (Å²) in [5, 5.41) is 13.1. The van der Waals surface area contributed by atoms with Crippen molar-refractivity contribution in [1.82, 2.24) is 5.32 Å². The lowest BCUT2D eigenvalue weighted by Gasteiger charge is -2.38. The van der Waals surface area contributed by atoms with Gasteiger partial charge in [0.25, 0.3) is 0 Å². The highest BCUT2D eigenvalue weighted by Gasteiger charge is 2.29. The molecule has 1 aromatic carbocycles. The Morgan fingerprint density at radius 2 is 1.90 bits per heavy atom. The van der Waals surface area contributed by atoms with E-state index >= 15 is 0 Å². The molecule has 3 unspecified atom stereocenters. The van der Waals surface area contributed by atoms with Crippen molar-refractivity contribution in [2.24, 2.45) is 17.8 Å². The van der Waals surface area contributed by atoms with Crippen molar-refractivity contribution >= 4 is 0 Å². The molecule has 1 saturated carbocycles. The zero-order chi connectivity index (χ0) is 14.5. The lowest BCUT2D eigenvalue weighted by molar-refractivity contribution is 0.171. The molecule has 0 amide bonds. The van der Waals surface area contributed by atoms with Gasteiger partial charge in [0, 0.05) is 6.04 Å². The van der Waals surface area contributed by atoms with Crippen molar-refractivity contribution in [2.75, 3.05) is 6.54 Å². The van der Waals surface area contributed by atoms with Gasteiger partial charge in [-0.05, 0) is 61.3 Å². The van der Waals surface area contributed by atoms with Gasteiger partial charge >= 0.3 is 0 Å². The predicted octanol–water partition coefficient (Wildman–Crippen LogP) is 3.99. The maximum atomic E-state index is 9.30. The first-order valence-corrected chi connectivity index (χ1v) is 8.07. The van der Waals surface area contributed by atoms with Crippen LogP contribution in [0.2, 0.25) is 0 Å². The number of phenolic OH excluding ortho intramolecular Hbond substituents is 1. The number of rotatable bonds is 5. The van der Waals surface area contributed by atoms with Crippen LogP contribution in [0.15, 0.2) is 24.3 Å². The standard InChI is InChI=1S/C18H29NO/c1-13(2)17-9-4-14(3)12-18(17)19-11-10-15-5-7-16(20)8-6-15/h5-8,13-14,17-20H,4,9-12H2,1-3H3. The van der Waals surface area contributed by atoms with E-state index in [-0.39, 0.29) is 0 Å². The number of aromatic hydroxyl groups is 1. The maximum Gasteiger partial charge on any atom is 0.115 e. The average molecular weight is 275 g/mol. The van der Waals surface area contributed by atoms with Gasteiger partial charge in [-0.1, -0.05) is 39.3 Å². The molecule has 0 radical (unpaired) electrons. The number of phenols is 1. The summed E-state index contributed by atoms with van der Waals surface area (Å²) in [4.78, 5) is 0. The molecule has 0 saturated heterocycles. The minimum absolute atomic E-state index is 0.350. The first kappa shape index (κ1) is 15.4. The van der Waals surface area contributed by atoms with Gasteiger partial charge in [0.05, 0.1) is 0 Å². The van der Waals surface area contributed by atoms with Gasteiger partial charge in [-0.2, -0.15) is 0 Å². The number of hydrogen-bond donors (Lipinski definition) is 2. The van der Waals surface area contributed by atoms with Crippen molar-refractivity contribution in [3.63, 3.8) is 0 Å². The van der Waals surface area contributed by atoms with E-state index in [0.29, 0.717) is 11.8 Å². The first-order valence-electron chi connectivity index (χ1n) is 8.07. The summed E-state index contributed by atoms with van der Waals surface area (Å²) in [6.45, 7) is 8.13. The fourth-order valence-corrected chi connectivity index (χ4v) is 3.50. The molecular weight excluding hydrogens is 246 g/mol. The van der Waals surface area contributed by atoms with Gasteiger partial charge in [0.15, 0.2) is 0 Å². The molecule has 2 N–H and O–H groups in total. The Balaban J connectivity index is 1.83. The zero-order valence-corrected chi connectivity index (χ0v) is 13.1. The van der Waals surface area contributed by atoms with E-state index < -0.39 is 0 Å². The van der Waals surface area contributed by atoms with E-state index in [1.165, 1.54) is 24.8 Å². The largest absolute Gasteiger partial charge is 0.508 e. The molecule has 0 aliphatic heterocycles. The van der Waals surface area contributed by atoms with Crippen LogP contribution in [0.4, 0.5) is 0 Å². The molecule has 0 bridgehead atoms. The summed E-state index contributed by atoms with van der Waals surface area (Å²) in [5.74, 6) is 2.80. The Morgan fingerprint density at radius 1 is 1.20 bits per heavy atom. The van der Waals surface area contributed by atoms with Gasteiger partial charge in [-0.15, -0.1) is 0 Å². The van der Waals surface area contributed by atoms with Gasteiger partial charge in [0.1, 0.15) is 5.75 Å². The predicted molar refractivity (Wildman–Crippen MR) is 84.9 cm³/mol. The third-order valence-electron chi connectivity index (χ3n) is 4.78. The number of nitrogens with one attached hydrogen (secondary N) is 1. The fourth-order valence-electron chi connectivity index (χ4n) is 3.50. The summed E-state index contributed by atoms with van der Waals surface area (Å²) in [6.07, 6.45) is 5.11. The highest BCUT2D eigenvalue weighted by atomic mass is 16.3. The van der Waals surface area contributed by atoms with Crippen molar-refractivity contribution < 1.29 is 5.11 Å². The minimum Gasteiger partial charge on any atom is -0.508 e. The summed E-state index contributed by atoms with van der Waals surface area (Å²) in [6, 6.07) is 8.25. The molecule has 1 aromatic rings. The van der Waals surface area contributed by atoms with Crippen LogP contribution in [0, 0.1) is 17.8 Å². The molecule has 3 atom stereocenters. The first-order chi connectivity index (χ1) is 9.56. The molecule has 0 aromatic heterocycles. The van der Waals surface area contributed by atoms with Crippen molar-refractivity contribution in [3.8, 4) is 5.75 Å². The lowest BCUT2D eigenvalue weighted by atomic mass is 9.74. The fraction of sp³-hybridized carbons (Fsp3) is 0.667. The summed E-state index contributed by atoms with van der Waals surface area (Å²) in [5.41, 5.74) is 1.29. The molecule has 0 heterocycles. The Bertz CT molecular complexity index is 398. The third kappa shape index (κ3) is 4.24. The lowest BCUT2D eigenvalue weighted by Crippen LogP contribution is -2.43. The van der Waals surface area contributed by atoms with E-state index in [0.717, 1.165) is 30.7 Å². The highest BCUT2D eigenvalue weighted by molar-refractivity contribution is 5.25. The molecule has 1 aliphatic carbocycles. The number of benzene rings is 1. The van der Waals surface area contributed by atoms with Gasteiger partial charge in [-0.3, -0.25) is 0 Å². The van der Waals surface area contributed by atoms with Gasteiger partial charge < -0.3 is 10.4 Å². The zero-order valence-electron chi connectivity index (χ0n) is 13.1.